The summed E-state index contributed by atoms with van der Waals surface area (Å²) in [5.41, 5.74) is 0.224. The van der Waals surface area contributed by atoms with E-state index in [1.165, 1.54) is 0 Å². The van der Waals surface area contributed by atoms with E-state index in [-0.39, 0.29) is 5.56 Å². The van der Waals surface area contributed by atoms with Crippen LogP contribution in [0.3, 0.4) is 0 Å². The van der Waals surface area contributed by atoms with Gasteiger partial charge < -0.3 is 25.9 Å². The zero-order valence-corrected chi connectivity index (χ0v) is 13.4. The first-order chi connectivity index (χ1) is 12.1. The highest BCUT2D eigenvalue weighted by atomic mass is 19.4. The van der Waals surface area contributed by atoms with E-state index in [1.807, 2.05) is 0 Å². The Kier molecular flexibility index (Phi) is 4.02. The Hall–Kier alpha value is -3.23. The monoisotopic (exact) mass is 364 g/mol. The number of benzene rings is 2. The van der Waals surface area contributed by atoms with Gasteiger partial charge in [0.2, 0.25) is 5.79 Å². The lowest BCUT2D eigenvalue weighted by atomic mass is 10.1. The van der Waals surface area contributed by atoms with Gasteiger partial charge in [0, 0.05) is 5.56 Å². The lowest BCUT2D eigenvalue weighted by molar-refractivity contribution is -0.311. The van der Waals surface area contributed by atoms with Crippen LogP contribution in [0.1, 0.15) is 21.5 Å². The largest absolute Gasteiger partial charge is 0.544 e. The highest BCUT2D eigenvalue weighted by molar-refractivity contribution is 6.01. The number of aliphatic carboxylic acids is 1. The molecular formula is C17H13F3N3O3-. The van der Waals surface area contributed by atoms with E-state index >= 15 is 0 Å². The highest BCUT2D eigenvalue weighted by Gasteiger charge is 2.40. The van der Waals surface area contributed by atoms with E-state index in [2.05, 4.69) is 16.0 Å². The normalized spacial score (nSPS) is 18.5. The molecule has 0 spiro atoms. The van der Waals surface area contributed by atoms with Gasteiger partial charge in [-0.05, 0) is 36.8 Å². The van der Waals surface area contributed by atoms with Gasteiger partial charge in [-0.3, -0.25) is 4.79 Å². The van der Waals surface area contributed by atoms with Gasteiger partial charge >= 0.3 is 6.18 Å². The van der Waals surface area contributed by atoms with E-state index < -0.39 is 29.4 Å². The number of carboxylic acid groups (broad SMARTS) is 1. The number of hydrogen-bond acceptors (Lipinski definition) is 5. The summed E-state index contributed by atoms with van der Waals surface area (Å²) in [5.74, 6) is -4.88. The van der Waals surface area contributed by atoms with Crippen LogP contribution >= 0.6 is 0 Å². The molecule has 1 heterocycles. The van der Waals surface area contributed by atoms with Gasteiger partial charge in [0.05, 0.1) is 16.9 Å². The van der Waals surface area contributed by atoms with Crippen molar-refractivity contribution in [2.75, 3.05) is 10.6 Å². The zero-order valence-electron chi connectivity index (χ0n) is 13.4. The number of anilines is 2. The minimum Gasteiger partial charge on any atom is -0.544 e. The lowest BCUT2D eigenvalue weighted by Crippen LogP contribution is -2.67. The highest BCUT2D eigenvalue weighted by Crippen LogP contribution is 2.35. The molecule has 3 N–H and O–H groups in total. The van der Waals surface area contributed by atoms with Crippen LogP contribution in [0.5, 0.6) is 0 Å². The molecule has 0 aliphatic carbocycles. The number of carbonyl (C=O) groups is 2. The number of aryl methyl sites for hydroxylation is 1. The summed E-state index contributed by atoms with van der Waals surface area (Å²) in [6.45, 7) is 1.73. The first kappa shape index (κ1) is 17.6. The molecule has 2 aromatic carbocycles. The first-order valence-electron chi connectivity index (χ1n) is 7.49. The van der Waals surface area contributed by atoms with E-state index in [9.17, 15) is 27.9 Å². The molecule has 1 atom stereocenters. The quantitative estimate of drug-likeness (QED) is 0.771. The van der Waals surface area contributed by atoms with Crippen molar-refractivity contribution >= 4 is 23.3 Å². The summed E-state index contributed by atoms with van der Waals surface area (Å²) in [6, 6.07) is 8.69. The Balaban J connectivity index is 1.90. The van der Waals surface area contributed by atoms with Gasteiger partial charge in [-0.2, -0.15) is 13.2 Å². The maximum Gasteiger partial charge on any atom is 0.416 e. The minimum atomic E-state index is -4.63. The Morgan fingerprint density at radius 1 is 1.12 bits per heavy atom. The van der Waals surface area contributed by atoms with Crippen LogP contribution in [-0.2, 0) is 11.0 Å². The number of para-hydroxylation sites is 1. The van der Waals surface area contributed by atoms with Crippen molar-refractivity contribution in [3.8, 4) is 0 Å². The number of hydrogen-bond donors (Lipinski definition) is 3. The van der Waals surface area contributed by atoms with Gasteiger partial charge in [0.1, 0.15) is 5.97 Å². The molecule has 1 aliphatic rings. The molecule has 1 aliphatic heterocycles. The molecular weight excluding hydrogens is 351 g/mol. The number of carboxylic acids is 1. The number of halogens is 3. The fraction of sp³-hybridized carbons (Fsp3) is 0.176. The number of rotatable bonds is 3. The standard InChI is InChI=1S/C17H14F3N3O3/c1-9-4-2-7-12-13(9)22-17(21-12,15(25)26)23-14(24)10-5-3-6-11(8-10)16(18,19)20/h2-8,21-22H,1H3,(H,23,24)(H,25,26)/p-1. The van der Waals surface area contributed by atoms with Crippen LogP contribution in [0, 0.1) is 6.92 Å². The fourth-order valence-electron chi connectivity index (χ4n) is 2.65. The maximum atomic E-state index is 12.8. The summed E-state index contributed by atoms with van der Waals surface area (Å²) in [6.07, 6.45) is -4.63. The molecule has 0 aromatic heterocycles. The SMILES string of the molecule is Cc1cccc2c1NC(NC(=O)c1cccc(C(F)(F)F)c1)(C(=O)[O-])N2. The van der Waals surface area contributed by atoms with Gasteiger partial charge in [0.15, 0.2) is 0 Å². The molecule has 3 rings (SSSR count). The Bertz CT molecular complexity index is 898. The predicted molar refractivity (Wildman–Crippen MR) is 85.1 cm³/mol. The van der Waals surface area contributed by atoms with E-state index in [1.54, 1.807) is 25.1 Å². The van der Waals surface area contributed by atoms with Gasteiger partial charge in [-0.1, -0.05) is 18.2 Å². The minimum absolute atomic E-state index is 0.336. The van der Waals surface area contributed by atoms with E-state index in [4.69, 9.17) is 0 Å². The van der Waals surface area contributed by atoms with Crippen LogP contribution < -0.4 is 21.1 Å². The van der Waals surface area contributed by atoms with Crippen molar-refractivity contribution in [3.05, 3.63) is 59.2 Å². The average molecular weight is 364 g/mol. The molecule has 6 nitrogen and oxygen atoms in total. The zero-order chi connectivity index (χ0) is 19.1. The molecule has 2 aromatic rings. The van der Waals surface area contributed by atoms with Crippen molar-refractivity contribution in [2.24, 2.45) is 0 Å². The third kappa shape index (κ3) is 3.03. The maximum absolute atomic E-state index is 12.8. The molecule has 1 unspecified atom stereocenters. The van der Waals surface area contributed by atoms with Gasteiger partial charge in [0.25, 0.3) is 5.91 Å². The van der Waals surface area contributed by atoms with Crippen molar-refractivity contribution < 1.29 is 27.9 Å². The number of fused-ring (bicyclic) bond motifs is 1. The third-order valence-corrected chi connectivity index (χ3v) is 3.97. The Morgan fingerprint density at radius 2 is 1.81 bits per heavy atom. The topological polar surface area (TPSA) is 93.3 Å². The summed E-state index contributed by atoms with van der Waals surface area (Å²) in [5, 5.41) is 19.1. The van der Waals surface area contributed by atoms with E-state index in [0.717, 1.165) is 18.2 Å². The van der Waals surface area contributed by atoms with Crippen LogP contribution in [0.4, 0.5) is 24.5 Å². The second-order valence-corrected chi connectivity index (χ2v) is 5.82. The van der Waals surface area contributed by atoms with Crippen LogP contribution in [0.25, 0.3) is 0 Å². The first-order valence-corrected chi connectivity index (χ1v) is 7.49. The van der Waals surface area contributed by atoms with Gasteiger partial charge in [-0.25, -0.2) is 0 Å². The third-order valence-electron chi connectivity index (χ3n) is 3.97. The second-order valence-electron chi connectivity index (χ2n) is 5.82. The summed E-state index contributed by atoms with van der Waals surface area (Å²) >= 11 is 0. The average Bonchev–Trinajstić information content (AvgIpc) is 2.95. The van der Waals surface area contributed by atoms with Crippen LogP contribution in [-0.4, -0.2) is 17.7 Å². The van der Waals surface area contributed by atoms with Crippen LogP contribution in [0.2, 0.25) is 0 Å². The fourth-order valence-corrected chi connectivity index (χ4v) is 2.65. The number of amides is 1. The smallest absolute Gasteiger partial charge is 0.416 e. The molecule has 26 heavy (non-hydrogen) atoms. The predicted octanol–water partition coefficient (Wildman–Crippen LogP) is 1.68. The van der Waals surface area contributed by atoms with Gasteiger partial charge in [-0.15, -0.1) is 0 Å². The Morgan fingerprint density at radius 3 is 2.42 bits per heavy atom. The number of alkyl halides is 3. The molecule has 0 radical (unpaired) electrons. The van der Waals surface area contributed by atoms with Crippen LogP contribution in [0.15, 0.2) is 42.5 Å². The van der Waals surface area contributed by atoms with E-state index in [0.29, 0.717) is 23.0 Å². The number of carbonyl (C=O) groups excluding carboxylic acids is 2. The summed E-state index contributed by atoms with van der Waals surface area (Å²) in [4.78, 5) is 24.0. The molecule has 1 amide bonds. The van der Waals surface area contributed by atoms with Crippen molar-refractivity contribution in [1.29, 1.82) is 0 Å². The summed E-state index contributed by atoms with van der Waals surface area (Å²) in [7, 11) is 0. The number of nitrogens with one attached hydrogen (secondary N) is 3. The lowest BCUT2D eigenvalue weighted by Gasteiger charge is -2.32. The summed E-state index contributed by atoms with van der Waals surface area (Å²) < 4.78 is 38.4. The molecule has 0 bridgehead atoms. The molecule has 0 fully saturated rings. The molecule has 0 saturated carbocycles. The molecule has 136 valence electrons. The molecule has 9 heteroatoms. The van der Waals surface area contributed by atoms with Crippen molar-refractivity contribution in [3.63, 3.8) is 0 Å². The second kappa shape index (κ2) is 5.94. The Labute approximate surface area is 146 Å². The van der Waals surface area contributed by atoms with Crippen molar-refractivity contribution in [1.82, 2.24) is 5.32 Å². The molecule has 0 saturated heterocycles. The van der Waals surface area contributed by atoms with Crippen molar-refractivity contribution in [2.45, 2.75) is 18.9 Å².